The van der Waals surface area contributed by atoms with E-state index in [9.17, 15) is 4.79 Å². The predicted octanol–water partition coefficient (Wildman–Crippen LogP) is 2.85. The number of hydrogen-bond donors (Lipinski definition) is 2. The molecule has 2 rings (SSSR count). The van der Waals surface area contributed by atoms with Crippen LogP contribution in [0.4, 0.5) is 5.69 Å². The maximum atomic E-state index is 12.2. The fourth-order valence-electron chi connectivity index (χ4n) is 2.71. The molecule has 0 radical (unpaired) electrons. The number of carbonyl (C=O) groups excluding carboxylic acids is 1. The second-order valence-electron chi connectivity index (χ2n) is 5.58. The Labute approximate surface area is 135 Å². The summed E-state index contributed by atoms with van der Waals surface area (Å²) in [6.07, 6.45) is 3.53. The first-order valence-corrected chi connectivity index (χ1v) is 8.48. The molecule has 1 aromatic carbocycles. The number of halogens is 1. The minimum Gasteiger partial charge on any atom is -0.325 e. The highest BCUT2D eigenvalue weighted by Gasteiger charge is 2.19. The van der Waals surface area contributed by atoms with Crippen LogP contribution in [0.25, 0.3) is 0 Å². The van der Waals surface area contributed by atoms with Crippen molar-refractivity contribution in [2.45, 2.75) is 32.2 Å². The molecule has 1 unspecified atom stereocenters. The summed E-state index contributed by atoms with van der Waals surface area (Å²) in [6.45, 7) is 5.65. The van der Waals surface area contributed by atoms with E-state index in [2.05, 4.69) is 38.4 Å². The zero-order valence-corrected chi connectivity index (χ0v) is 14.2. The van der Waals surface area contributed by atoms with E-state index in [0.29, 0.717) is 12.6 Å². The summed E-state index contributed by atoms with van der Waals surface area (Å²) < 4.78 is 1.01. The van der Waals surface area contributed by atoms with Crippen molar-refractivity contribution in [2.24, 2.45) is 0 Å². The second-order valence-corrected chi connectivity index (χ2v) is 6.50. The largest absolute Gasteiger partial charge is 0.325 e. The monoisotopic (exact) mass is 353 g/mol. The molecule has 1 aliphatic heterocycles. The van der Waals surface area contributed by atoms with Crippen molar-refractivity contribution in [3.05, 3.63) is 28.7 Å². The van der Waals surface area contributed by atoms with E-state index in [1.54, 1.807) is 0 Å². The number of anilines is 1. The van der Waals surface area contributed by atoms with Crippen LogP contribution >= 0.6 is 15.9 Å². The van der Waals surface area contributed by atoms with Crippen LogP contribution in [0.3, 0.4) is 0 Å². The van der Waals surface area contributed by atoms with E-state index in [1.807, 2.05) is 24.3 Å². The summed E-state index contributed by atoms with van der Waals surface area (Å²) in [6, 6.07) is 8.22. The van der Waals surface area contributed by atoms with E-state index < -0.39 is 0 Å². The van der Waals surface area contributed by atoms with Gasteiger partial charge in [0.25, 0.3) is 0 Å². The number of rotatable bonds is 7. The molecule has 1 aliphatic rings. The van der Waals surface area contributed by atoms with Gasteiger partial charge in [-0.25, -0.2) is 0 Å². The highest BCUT2D eigenvalue weighted by atomic mass is 79.9. The van der Waals surface area contributed by atoms with Crippen LogP contribution < -0.4 is 10.6 Å². The first-order valence-electron chi connectivity index (χ1n) is 7.68. The van der Waals surface area contributed by atoms with Gasteiger partial charge in [0.1, 0.15) is 0 Å². The molecule has 1 fully saturated rings. The minimum absolute atomic E-state index is 0.0590. The number of hydrogen-bond acceptors (Lipinski definition) is 3. The first kappa shape index (κ1) is 16.5. The van der Waals surface area contributed by atoms with E-state index >= 15 is 0 Å². The Morgan fingerprint density at radius 3 is 2.81 bits per heavy atom. The molecule has 0 aromatic heterocycles. The third kappa shape index (κ3) is 5.77. The maximum Gasteiger partial charge on any atom is 0.238 e. The second kappa shape index (κ2) is 8.51. The topological polar surface area (TPSA) is 44.4 Å². The summed E-state index contributed by atoms with van der Waals surface area (Å²) in [5, 5.41) is 6.46. The van der Waals surface area contributed by atoms with Crippen LogP contribution in [0.2, 0.25) is 0 Å². The van der Waals surface area contributed by atoms with Crippen LogP contribution in [-0.4, -0.2) is 43.0 Å². The molecule has 21 heavy (non-hydrogen) atoms. The van der Waals surface area contributed by atoms with Gasteiger partial charge in [0.2, 0.25) is 5.91 Å². The fourth-order valence-corrected chi connectivity index (χ4v) is 2.98. The Balaban J connectivity index is 1.83. The number of nitrogens with zero attached hydrogens (tertiary/aromatic N) is 1. The van der Waals surface area contributed by atoms with Crippen LogP contribution in [-0.2, 0) is 4.79 Å². The molecular formula is C16H24BrN3O. The molecule has 1 amide bonds. The van der Waals surface area contributed by atoms with Gasteiger partial charge in [-0.2, -0.15) is 0 Å². The summed E-state index contributed by atoms with van der Waals surface area (Å²) in [7, 11) is 0. The number of nitrogens with one attached hydrogen (secondary N) is 2. The smallest absolute Gasteiger partial charge is 0.238 e. The molecule has 1 atom stereocenters. The lowest BCUT2D eigenvalue weighted by atomic mass is 10.2. The molecule has 1 heterocycles. The lowest BCUT2D eigenvalue weighted by molar-refractivity contribution is -0.117. The van der Waals surface area contributed by atoms with Crippen LogP contribution in [0.1, 0.15) is 26.2 Å². The number of benzene rings is 1. The van der Waals surface area contributed by atoms with Gasteiger partial charge in [-0.05, 0) is 56.6 Å². The van der Waals surface area contributed by atoms with Crippen molar-refractivity contribution in [1.29, 1.82) is 0 Å². The van der Waals surface area contributed by atoms with Crippen LogP contribution in [0.15, 0.2) is 28.7 Å². The van der Waals surface area contributed by atoms with Crippen molar-refractivity contribution in [1.82, 2.24) is 10.2 Å². The summed E-state index contributed by atoms with van der Waals surface area (Å²) in [5.74, 6) is 0.0590. The number of amides is 1. The van der Waals surface area contributed by atoms with E-state index in [1.165, 1.54) is 12.8 Å². The quantitative estimate of drug-likeness (QED) is 0.792. The van der Waals surface area contributed by atoms with Gasteiger partial charge in [-0.15, -0.1) is 0 Å². The van der Waals surface area contributed by atoms with E-state index in [-0.39, 0.29) is 5.91 Å². The Kier molecular flexibility index (Phi) is 6.67. The SMILES string of the molecule is CCCN(CC(=O)Nc1ccc(Br)cc1)CC1CCCN1. The summed E-state index contributed by atoms with van der Waals surface area (Å²) in [5.41, 5.74) is 0.846. The third-order valence-corrected chi connectivity index (χ3v) is 4.20. The van der Waals surface area contributed by atoms with Gasteiger partial charge < -0.3 is 10.6 Å². The fraction of sp³-hybridized carbons (Fsp3) is 0.562. The Bertz CT molecular complexity index is 443. The molecule has 0 spiro atoms. The van der Waals surface area contributed by atoms with Crippen molar-refractivity contribution in [3.63, 3.8) is 0 Å². The standard InChI is InChI=1S/C16H24BrN3O/c1-2-10-20(11-15-4-3-9-18-15)12-16(21)19-14-7-5-13(17)6-8-14/h5-8,15,18H,2-4,9-12H2,1H3,(H,19,21). The van der Waals surface area contributed by atoms with Gasteiger partial charge in [0.15, 0.2) is 0 Å². The average Bonchev–Trinajstić information content (AvgIpc) is 2.94. The zero-order chi connectivity index (χ0) is 15.1. The van der Waals surface area contributed by atoms with Crippen molar-refractivity contribution >= 4 is 27.5 Å². The predicted molar refractivity (Wildman–Crippen MR) is 90.5 cm³/mol. The highest BCUT2D eigenvalue weighted by Crippen LogP contribution is 2.14. The zero-order valence-electron chi connectivity index (χ0n) is 12.6. The lowest BCUT2D eigenvalue weighted by Crippen LogP contribution is -2.41. The van der Waals surface area contributed by atoms with Crippen molar-refractivity contribution in [3.8, 4) is 0 Å². The van der Waals surface area contributed by atoms with Crippen molar-refractivity contribution in [2.75, 3.05) is 31.5 Å². The molecule has 5 heteroatoms. The molecule has 4 nitrogen and oxygen atoms in total. The van der Waals surface area contributed by atoms with Gasteiger partial charge in [0.05, 0.1) is 6.54 Å². The molecule has 0 bridgehead atoms. The normalized spacial score (nSPS) is 18.1. The van der Waals surface area contributed by atoms with Gasteiger partial charge >= 0.3 is 0 Å². The molecule has 0 saturated carbocycles. The van der Waals surface area contributed by atoms with Crippen LogP contribution in [0.5, 0.6) is 0 Å². The Morgan fingerprint density at radius 2 is 2.19 bits per heavy atom. The lowest BCUT2D eigenvalue weighted by Gasteiger charge is -2.24. The number of carbonyl (C=O) groups is 1. The summed E-state index contributed by atoms with van der Waals surface area (Å²) >= 11 is 3.39. The highest BCUT2D eigenvalue weighted by molar-refractivity contribution is 9.10. The summed E-state index contributed by atoms with van der Waals surface area (Å²) in [4.78, 5) is 14.4. The maximum absolute atomic E-state index is 12.2. The van der Waals surface area contributed by atoms with Crippen molar-refractivity contribution < 1.29 is 4.79 Å². The average molecular weight is 354 g/mol. The molecule has 1 saturated heterocycles. The van der Waals surface area contributed by atoms with Gasteiger partial charge in [-0.1, -0.05) is 22.9 Å². The molecular weight excluding hydrogens is 330 g/mol. The molecule has 1 aromatic rings. The third-order valence-electron chi connectivity index (χ3n) is 3.68. The Hall–Kier alpha value is -0.910. The first-order chi connectivity index (χ1) is 10.2. The Morgan fingerprint density at radius 1 is 1.43 bits per heavy atom. The van der Waals surface area contributed by atoms with Crippen LogP contribution in [0, 0.1) is 0 Å². The minimum atomic E-state index is 0.0590. The van der Waals surface area contributed by atoms with E-state index in [4.69, 9.17) is 0 Å². The molecule has 0 aliphatic carbocycles. The van der Waals surface area contributed by atoms with Gasteiger partial charge in [-0.3, -0.25) is 9.69 Å². The van der Waals surface area contributed by atoms with Gasteiger partial charge in [0, 0.05) is 22.7 Å². The molecule has 2 N–H and O–H groups in total. The van der Waals surface area contributed by atoms with E-state index in [0.717, 1.165) is 36.2 Å². The molecule has 116 valence electrons.